The van der Waals surface area contributed by atoms with Crippen LogP contribution in [0.25, 0.3) is 0 Å². The minimum atomic E-state index is 0.257. The van der Waals surface area contributed by atoms with Gasteiger partial charge in [0.05, 0.1) is 6.10 Å². The molecule has 0 amide bonds. The lowest BCUT2D eigenvalue weighted by Crippen LogP contribution is -2.31. The van der Waals surface area contributed by atoms with Crippen LogP contribution in [0.3, 0.4) is 0 Å². The van der Waals surface area contributed by atoms with Gasteiger partial charge in [0.15, 0.2) is 0 Å². The zero-order chi connectivity index (χ0) is 13.8. The summed E-state index contributed by atoms with van der Waals surface area (Å²) in [4.78, 5) is 1.55. The van der Waals surface area contributed by atoms with Gasteiger partial charge in [-0.05, 0) is 38.2 Å². The second-order valence-corrected chi connectivity index (χ2v) is 6.02. The summed E-state index contributed by atoms with van der Waals surface area (Å²) in [6.07, 6.45) is 4.56. The third-order valence-electron chi connectivity index (χ3n) is 3.40. The van der Waals surface area contributed by atoms with E-state index >= 15 is 0 Å². The lowest BCUT2D eigenvalue weighted by molar-refractivity contribution is 0.0996. The standard InChI is InChI=1S/C14H20N2OS2/c1-9(11-6-4-8-17-11)16-10-5-3-7-12(19-2)13(10)14(15)18/h3,5,7,9,11,16H,4,6,8H2,1-2H3,(H2,15,18). The molecule has 1 aliphatic rings. The number of benzene rings is 1. The van der Waals surface area contributed by atoms with Gasteiger partial charge in [-0.2, -0.15) is 0 Å². The van der Waals surface area contributed by atoms with E-state index in [2.05, 4.69) is 12.2 Å². The molecular weight excluding hydrogens is 276 g/mol. The fourth-order valence-electron chi connectivity index (χ4n) is 2.41. The third kappa shape index (κ3) is 3.41. The van der Waals surface area contributed by atoms with E-state index in [-0.39, 0.29) is 12.1 Å². The predicted octanol–water partition coefficient (Wildman–Crippen LogP) is 3.02. The molecular formula is C14H20N2OS2. The first-order valence-corrected chi connectivity index (χ1v) is 8.11. The molecule has 1 aromatic carbocycles. The number of nitrogens with two attached hydrogens (primary N) is 1. The Balaban J connectivity index is 2.21. The summed E-state index contributed by atoms with van der Waals surface area (Å²) >= 11 is 6.84. The Morgan fingerprint density at radius 3 is 2.95 bits per heavy atom. The maximum Gasteiger partial charge on any atom is 0.107 e. The van der Waals surface area contributed by atoms with Crippen LogP contribution in [0.2, 0.25) is 0 Å². The van der Waals surface area contributed by atoms with E-state index < -0.39 is 0 Å². The number of hydrogen-bond donors (Lipinski definition) is 2. The predicted molar refractivity (Wildman–Crippen MR) is 86.2 cm³/mol. The molecule has 2 unspecified atom stereocenters. The molecule has 3 N–H and O–H groups in total. The summed E-state index contributed by atoms with van der Waals surface area (Å²) in [5, 5.41) is 3.50. The van der Waals surface area contributed by atoms with Crippen LogP contribution in [0.4, 0.5) is 5.69 Å². The van der Waals surface area contributed by atoms with Crippen molar-refractivity contribution in [2.75, 3.05) is 18.2 Å². The van der Waals surface area contributed by atoms with Crippen molar-refractivity contribution in [3.8, 4) is 0 Å². The van der Waals surface area contributed by atoms with Gasteiger partial charge in [0.25, 0.3) is 0 Å². The fourth-order valence-corrected chi connectivity index (χ4v) is 3.33. The topological polar surface area (TPSA) is 47.3 Å². The lowest BCUT2D eigenvalue weighted by Gasteiger charge is -2.23. The number of thiocarbonyl (C=S) groups is 1. The third-order valence-corrected chi connectivity index (χ3v) is 4.38. The van der Waals surface area contributed by atoms with Gasteiger partial charge in [0, 0.05) is 28.8 Å². The van der Waals surface area contributed by atoms with Crippen LogP contribution in [0.1, 0.15) is 25.3 Å². The number of hydrogen-bond acceptors (Lipinski definition) is 4. The van der Waals surface area contributed by atoms with Crippen LogP contribution in [-0.2, 0) is 4.74 Å². The minimum Gasteiger partial charge on any atom is -0.389 e. The van der Waals surface area contributed by atoms with Crippen LogP contribution in [0.5, 0.6) is 0 Å². The number of thioether (sulfide) groups is 1. The van der Waals surface area contributed by atoms with E-state index in [1.807, 2.05) is 24.5 Å². The average Bonchev–Trinajstić information content (AvgIpc) is 2.92. The summed E-state index contributed by atoms with van der Waals surface area (Å²) in [5.74, 6) is 0. The van der Waals surface area contributed by atoms with Crippen molar-refractivity contribution >= 4 is 34.7 Å². The first kappa shape index (κ1) is 14.6. The molecule has 1 aliphatic heterocycles. The number of anilines is 1. The zero-order valence-corrected chi connectivity index (χ0v) is 12.9. The first-order valence-electron chi connectivity index (χ1n) is 6.48. The molecule has 0 saturated carbocycles. The van der Waals surface area contributed by atoms with E-state index in [9.17, 15) is 0 Å². The van der Waals surface area contributed by atoms with Crippen molar-refractivity contribution in [3.05, 3.63) is 23.8 Å². The smallest absolute Gasteiger partial charge is 0.107 e. The Morgan fingerprint density at radius 2 is 2.37 bits per heavy atom. The highest BCUT2D eigenvalue weighted by atomic mass is 32.2. The summed E-state index contributed by atoms with van der Waals surface area (Å²) < 4.78 is 5.71. The van der Waals surface area contributed by atoms with E-state index in [1.165, 1.54) is 0 Å². The molecule has 0 aliphatic carbocycles. The highest BCUT2D eigenvalue weighted by Gasteiger charge is 2.23. The van der Waals surface area contributed by atoms with Crippen molar-refractivity contribution in [1.82, 2.24) is 0 Å². The molecule has 0 radical (unpaired) electrons. The number of rotatable bonds is 5. The molecule has 0 aromatic heterocycles. The lowest BCUT2D eigenvalue weighted by atomic mass is 10.1. The summed E-state index contributed by atoms with van der Waals surface area (Å²) in [7, 11) is 0. The molecule has 104 valence electrons. The van der Waals surface area contributed by atoms with Crippen molar-refractivity contribution in [3.63, 3.8) is 0 Å². The molecule has 1 fully saturated rings. The number of nitrogens with one attached hydrogen (secondary N) is 1. The molecule has 1 aromatic rings. The first-order chi connectivity index (χ1) is 9.13. The van der Waals surface area contributed by atoms with Gasteiger partial charge in [0.1, 0.15) is 4.99 Å². The van der Waals surface area contributed by atoms with Gasteiger partial charge in [-0.25, -0.2) is 0 Å². The zero-order valence-electron chi connectivity index (χ0n) is 11.3. The molecule has 0 bridgehead atoms. The van der Waals surface area contributed by atoms with Crippen molar-refractivity contribution in [2.45, 2.75) is 36.8 Å². The Kier molecular flexibility index (Phi) is 5.07. The molecule has 3 nitrogen and oxygen atoms in total. The van der Waals surface area contributed by atoms with Crippen LogP contribution in [0.15, 0.2) is 23.1 Å². The van der Waals surface area contributed by atoms with Crippen molar-refractivity contribution < 1.29 is 4.74 Å². The quantitative estimate of drug-likeness (QED) is 0.646. The molecule has 5 heteroatoms. The highest BCUT2D eigenvalue weighted by Crippen LogP contribution is 2.28. The van der Waals surface area contributed by atoms with Crippen LogP contribution < -0.4 is 11.1 Å². The van der Waals surface area contributed by atoms with Crippen LogP contribution in [-0.4, -0.2) is 30.0 Å². The molecule has 19 heavy (non-hydrogen) atoms. The molecule has 1 heterocycles. The van der Waals surface area contributed by atoms with Gasteiger partial charge < -0.3 is 15.8 Å². The van der Waals surface area contributed by atoms with E-state index in [4.69, 9.17) is 22.7 Å². The normalized spacial score (nSPS) is 20.2. The molecule has 0 spiro atoms. The Bertz CT molecular complexity index is 459. The largest absolute Gasteiger partial charge is 0.389 e. The minimum absolute atomic E-state index is 0.257. The highest BCUT2D eigenvalue weighted by molar-refractivity contribution is 7.98. The Labute approximate surface area is 124 Å². The van der Waals surface area contributed by atoms with Crippen molar-refractivity contribution in [2.24, 2.45) is 5.73 Å². The molecule has 2 atom stereocenters. The van der Waals surface area contributed by atoms with Crippen molar-refractivity contribution in [1.29, 1.82) is 0 Å². The summed E-state index contributed by atoms with van der Waals surface area (Å²) in [6, 6.07) is 6.35. The van der Waals surface area contributed by atoms with Gasteiger partial charge in [-0.1, -0.05) is 18.3 Å². The maximum absolute atomic E-state index is 5.87. The van der Waals surface area contributed by atoms with Gasteiger partial charge >= 0.3 is 0 Å². The van der Waals surface area contributed by atoms with Gasteiger partial charge in [0.2, 0.25) is 0 Å². The second-order valence-electron chi connectivity index (χ2n) is 4.73. The maximum atomic E-state index is 5.87. The monoisotopic (exact) mass is 296 g/mol. The SMILES string of the molecule is CSc1cccc(NC(C)C2CCCO2)c1C(N)=S. The average molecular weight is 296 g/mol. The van der Waals surface area contributed by atoms with Crippen LogP contribution in [0, 0.1) is 0 Å². The van der Waals surface area contributed by atoms with E-state index in [0.29, 0.717) is 4.99 Å². The number of ether oxygens (including phenoxy) is 1. The fraction of sp³-hybridized carbons (Fsp3) is 0.500. The summed E-state index contributed by atoms with van der Waals surface area (Å²) in [5.41, 5.74) is 7.81. The Morgan fingerprint density at radius 1 is 1.58 bits per heavy atom. The van der Waals surface area contributed by atoms with Gasteiger partial charge in [-0.15, -0.1) is 11.8 Å². The van der Waals surface area contributed by atoms with Gasteiger partial charge in [-0.3, -0.25) is 0 Å². The van der Waals surface area contributed by atoms with E-state index in [1.54, 1.807) is 11.8 Å². The summed E-state index contributed by atoms with van der Waals surface area (Å²) in [6.45, 7) is 3.01. The second kappa shape index (κ2) is 6.59. The molecule has 1 saturated heterocycles. The van der Waals surface area contributed by atoms with E-state index in [0.717, 1.165) is 35.6 Å². The van der Waals surface area contributed by atoms with Crippen LogP contribution >= 0.6 is 24.0 Å². The Hall–Kier alpha value is -0.780. The molecule has 2 rings (SSSR count).